The lowest BCUT2D eigenvalue weighted by Crippen LogP contribution is -2.25. The van der Waals surface area contributed by atoms with E-state index in [2.05, 4.69) is 20.4 Å². The van der Waals surface area contributed by atoms with Crippen molar-refractivity contribution in [3.8, 4) is 5.69 Å². The van der Waals surface area contributed by atoms with E-state index in [1.165, 1.54) is 53.2 Å². The Morgan fingerprint density at radius 3 is 2.43 bits per heavy atom. The second-order valence-corrected chi connectivity index (χ2v) is 8.95. The van der Waals surface area contributed by atoms with Gasteiger partial charge in [0, 0.05) is 12.2 Å². The van der Waals surface area contributed by atoms with Crippen LogP contribution in [0, 0.1) is 18.7 Å². The first-order valence-electron chi connectivity index (χ1n) is 9.43. The highest BCUT2D eigenvalue weighted by Gasteiger charge is 2.24. The number of carbonyl (C=O) groups excluding carboxylic acids is 1. The van der Waals surface area contributed by atoms with Gasteiger partial charge in [0.25, 0.3) is 5.91 Å². The van der Waals surface area contributed by atoms with Gasteiger partial charge < -0.3 is 5.32 Å². The van der Waals surface area contributed by atoms with Crippen LogP contribution in [0.5, 0.6) is 0 Å². The maximum atomic E-state index is 13.1. The number of nitrogens with zero attached hydrogens (tertiary/aromatic N) is 3. The van der Waals surface area contributed by atoms with E-state index in [9.17, 15) is 17.6 Å². The number of anilines is 1. The Morgan fingerprint density at radius 1 is 1.13 bits per heavy atom. The van der Waals surface area contributed by atoms with Crippen LogP contribution in [-0.2, 0) is 10.0 Å². The molecule has 0 unspecified atom stereocenters. The van der Waals surface area contributed by atoms with Crippen LogP contribution in [0.3, 0.4) is 0 Å². The minimum atomic E-state index is -3.56. The van der Waals surface area contributed by atoms with Crippen molar-refractivity contribution in [3.63, 3.8) is 0 Å². The molecule has 0 atom stereocenters. The van der Waals surface area contributed by atoms with Crippen LogP contribution in [0.25, 0.3) is 5.69 Å². The summed E-state index contributed by atoms with van der Waals surface area (Å²) in [5.74, 6) is -0.420. The third-order valence-corrected chi connectivity index (χ3v) is 6.30. The fraction of sp³-hybridized carbons (Fsp3) is 0.250. The third kappa shape index (κ3) is 4.39. The van der Waals surface area contributed by atoms with E-state index < -0.39 is 15.9 Å². The molecule has 2 N–H and O–H groups in total. The predicted molar refractivity (Wildman–Crippen MR) is 108 cm³/mol. The van der Waals surface area contributed by atoms with Gasteiger partial charge >= 0.3 is 0 Å². The number of rotatable bonds is 7. The lowest BCUT2D eigenvalue weighted by molar-refractivity contribution is 0.102. The summed E-state index contributed by atoms with van der Waals surface area (Å²) in [6.45, 7) is 2.13. The van der Waals surface area contributed by atoms with E-state index >= 15 is 0 Å². The maximum Gasteiger partial charge on any atom is 0.278 e. The molecule has 1 amide bonds. The van der Waals surface area contributed by atoms with Crippen LogP contribution in [0.1, 0.15) is 29.0 Å². The van der Waals surface area contributed by atoms with Crippen LogP contribution in [-0.4, -0.2) is 35.9 Å². The molecule has 1 aliphatic carbocycles. The second-order valence-electron chi connectivity index (χ2n) is 7.19. The normalized spacial score (nSPS) is 13.9. The van der Waals surface area contributed by atoms with Gasteiger partial charge in [-0.3, -0.25) is 4.79 Å². The Morgan fingerprint density at radius 2 is 1.80 bits per heavy atom. The molecule has 0 bridgehead atoms. The van der Waals surface area contributed by atoms with Gasteiger partial charge in [-0.1, -0.05) is 5.21 Å². The number of amides is 1. The molecular weight excluding hydrogens is 409 g/mol. The fourth-order valence-corrected chi connectivity index (χ4v) is 4.02. The van der Waals surface area contributed by atoms with Crippen molar-refractivity contribution in [2.75, 3.05) is 11.9 Å². The smallest absolute Gasteiger partial charge is 0.278 e. The summed E-state index contributed by atoms with van der Waals surface area (Å²) in [7, 11) is -3.56. The van der Waals surface area contributed by atoms with Crippen molar-refractivity contribution in [1.29, 1.82) is 0 Å². The van der Waals surface area contributed by atoms with Crippen molar-refractivity contribution in [2.45, 2.75) is 24.7 Å². The maximum absolute atomic E-state index is 13.1. The molecule has 1 aromatic heterocycles. The first-order valence-corrected chi connectivity index (χ1v) is 10.9. The fourth-order valence-electron chi connectivity index (χ4n) is 2.91. The molecule has 8 nitrogen and oxygen atoms in total. The molecule has 3 aromatic rings. The summed E-state index contributed by atoms with van der Waals surface area (Å²) in [6, 6.07) is 11.6. The summed E-state index contributed by atoms with van der Waals surface area (Å²) in [5.41, 5.74) is 1.61. The SMILES string of the molecule is Cc1c(C(=O)Nc2ccc(S(=O)(=O)NCC3CC3)cc2)nnn1-c1ccc(F)cc1. The molecule has 1 fully saturated rings. The topological polar surface area (TPSA) is 106 Å². The lowest BCUT2D eigenvalue weighted by atomic mass is 10.2. The van der Waals surface area contributed by atoms with E-state index in [-0.39, 0.29) is 16.4 Å². The van der Waals surface area contributed by atoms with E-state index in [1.54, 1.807) is 6.92 Å². The summed E-state index contributed by atoms with van der Waals surface area (Å²) < 4.78 is 41.7. The van der Waals surface area contributed by atoms with Gasteiger partial charge in [0.2, 0.25) is 10.0 Å². The van der Waals surface area contributed by atoms with Crippen molar-refractivity contribution in [3.05, 3.63) is 65.7 Å². The number of halogens is 1. The van der Waals surface area contributed by atoms with Gasteiger partial charge in [-0.25, -0.2) is 22.2 Å². The molecule has 0 aliphatic heterocycles. The van der Waals surface area contributed by atoms with Gasteiger partial charge in [0.15, 0.2) is 5.69 Å². The minimum Gasteiger partial charge on any atom is -0.321 e. The summed E-state index contributed by atoms with van der Waals surface area (Å²) in [6.07, 6.45) is 2.11. The zero-order valence-corrected chi connectivity index (χ0v) is 17.0. The van der Waals surface area contributed by atoms with Gasteiger partial charge in [-0.05, 0) is 74.2 Å². The number of sulfonamides is 1. The average molecular weight is 429 g/mol. The van der Waals surface area contributed by atoms with Crippen molar-refractivity contribution >= 4 is 21.6 Å². The summed E-state index contributed by atoms with van der Waals surface area (Å²) in [5, 5.41) is 10.6. The largest absolute Gasteiger partial charge is 0.321 e. The molecule has 2 aromatic carbocycles. The molecule has 10 heteroatoms. The molecule has 30 heavy (non-hydrogen) atoms. The Kier molecular flexibility index (Phi) is 5.35. The highest BCUT2D eigenvalue weighted by molar-refractivity contribution is 7.89. The number of hydrogen-bond acceptors (Lipinski definition) is 5. The molecule has 1 heterocycles. The van der Waals surface area contributed by atoms with Crippen LogP contribution >= 0.6 is 0 Å². The van der Waals surface area contributed by atoms with Crippen molar-refractivity contribution < 1.29 is 17.6 Å². The predicted octanol–water partition coefficient (Wildman–Crippen LogP) is 2.66. The molecule has 1 aliphatic rings. The van der Waals surface area contributed by atoms with Gasteiger partial charge in [-0.15, -0.1) is 5.10 Å². The van der Waals surface area contributed by atoms with E-state index in [0.29, 0.717) is 29.5 Å². The highest BCUT2D eigenvalue weighted by Crippen LogP contribution is 2.28. The van der Waals surface area contributed by atoms with E-state index in [4.69, 9.17) is 0 Å². The minimum absolute atomic E-state index is 0.113. The van der Waals surface area contributed by atoms with E-state index in [1.807, 2.05) is 0 Å². The van der Waals surface area contributed by atoms with Crippen LogP contribution in [0.4, 0.5) is 10.1 Å². The third-order valence-electron chi connectivity index (χ3n) is 4.86. The summed E-state index contributed by atoms with van der Waals surface area (Å²) >= 11 is 0. The second kappa shape index (κ2) is 7.96. The Balaban J connectivity index is 1.45. The molecule has 156 valence electrons. The quantitative estimate of drug-likeness (QED) is 0.601. The first-order chi connectivity index (χ1) is 14.3. The van der Waals surface area contributed by atoms with Crippen LogP contribution in [0.15, 0.2) is 53.4 Å². The zero-order valence-electron chi connectivity index (χ0n) is 16.2. The molecule has 1 saturated carbocycles. The van der Waals surface area contributed by atoms with Crippen molar-refractivity contribution in [1.82, 2.24) is 19.7 Å². The molecule has 0 radical (unpaired) electrons. The number of nitrogens with one attached hydrogen (secondary N) is 2. The number of aromatic nitrogens is 3. The van der Waals surface area contributed by atoms with E-state index in [0.717, 1.165) is 12.8 Å². The lowest BCUT2D eigenvalue weighted by Gasteiger charge is -2.08. The Labute approximate surface area is 173 Å². The zero-order chi connectivity index (χ0) is 21.3. The number of hydrogen-bond donors (Lipinski definition) is 2. The van der Waals surface area contributed by atoms with Crippen molar-refractivity contribution in [2.24, 2.45) is 5.92 Å². The number of benzene rings is 2. The Bertz CT molecular complexity index is 1170. The van der Waals surface area contributed by atoms with Crippen LogP contribution in [0.2, 0.25) is 0 Å². The molecule has 0 saturated heterocycles. The van der Waals surface area contributed by atoms with Gasteiger partial charge in [0.1, 0.15) is 5.82 Å². The highest BCUT2D eigenvalue weighted by atomic mass is 32.2. The number of carbonyl (C=O) groups is 1. The Hall–Kier alpha value is -3.11. The summed E-state index contributed by atoms with van der Waals surface area (Å²) in [4.78, 5) is 12.7. The van der Waals surface area contributed by atoms with Gasteiger partial charge in [0.05, 0.1) is 16.3 Å². The molecule has 4 rings (SSSR count). The van der Waals surface area contributed by atoms with Gasteiger partial charge in [-0.2, -0.15) is 0 Å². The average Bonchev–Trinajstić information content (AvgIpc) is 3.48. The standard InChI is InChI=1S/C20H20FN5O3S/c1-13-19(24-25-26(13)17-8-4-15(21)5-9-17)20(27)23-16-6-10-18(11-7-16)30(28,29)22-12-14-2-3-14/h4-11,14,22H,2-3,12H2,1H3,(H,23,27). The molecule has 0 spiro atoms. The van der Waals surface area contributed by atoms with Crippen LogP contribution < -0.4 is 10.0 Å². The monoisotopic (exact) mass is 429 g/mol. The molecular formula is C20H20FN5O3S. The first kappa shape index (κ1) is 20.2.